The van der Waals surface area contributed by atoms with Gasteiger partial charge in [0.25, 0.3) is 5.19 Å². The molecular weight excluding hydrogens is 298 g/mol. The number of nitrogens with zero attached hydrogens (tertiary/aromatic N) is 3. The molecular formula is C16H15N3O2S. The number of hydrogen-bond acceptors (Lipinski definition) is 6. The van der Waals surface area contributed by atoms with Crippen LogP contribution in [0.25, 0.3) is 10.7 Å². The maximum absolute atomic E-state index is 5.73. The van der Waals surface area contributed by atoms with Crippen molar-refractivity contribution < 1.29 is 9.47 Å². The van der Waals surface area contributed by atoms with Crippen molar-refractivity contribution in [3.63, 3.8) is 0 Å². The highest BCUT2D eigenvalue weighted by Crippen LogP contribution is 2.29. The summed E-state index contributed by atoms with van der Waals surface area (Å²) in [5.41, 5.74) is 2.01. The number of ether oxygens (including phenoxy) is 2. The molecule has 0 saturated heterocycles. The van der Waals surface area contributed by atoms with E-state index in [-0.39, 0.29) is 0 Å². The van der Waals surface area contributed by atoms with Crippen molar-refractivity contribution in [3.8, 4) is 21.6 Å². The molecule has 3 aromatic rings. The second kappa shape index (κ2) is 7.11. The first-order chi connectivity index (χ1) is 10.8. The Hall–Kier alpha value is -2.31. The molecule has 5 nitrogen and oxygen atoms in total. The number of benzene rings is 1. The summed E-state index contributed by atoms with van der Waals surface area (Å²) in [5, 5.41) is 9.40. The van der Waals surface area contributed by atoms with Crippen molar-refractivity contribution in [2.75, 3.05) is 13.7 Å². The smallest absolute Gasteiger partial charge is 0.299 e. The number of rotatable bonds is 6. The average molecular weight is 313 g/mol. The van der Waals surface area contributed by atoms with E-state index in [4.69, 9.17) is 9.47 Å². The topological polar surface area (TPSA) is 57.1 Å². The van der Waals surface area contributed by atoms with Crippen molar-refractivity contribution in [3.05, 3.63) is 54.2 Å². The van der Waals surface area contributed by atoms with Gasteiger partial charge < -0.3 is 9.47 Å². The standard InChI is InChI=1S/C16H15N3O2S/c1-20-11-9-12-5-7-13(8-6-12)21-16-19-18-15(22-16)14-4-2-3-10-17-14/h2-8,10H,9,11H2,1H3. The predicted molar refractivity (Wildman–Crippen MR) is 85.2 cm³/mol. The van der Waals surface area contributed by atoms with Crippen LogP contribution >= 0.6 is 11.3 Å². The molecule has 0 aliphatic rings. The Morgan fingerprint density at radius 1 is 1.05 bits per heavy atom. The van der Waals surface area contributed by atoms with Gasteiger partial charge in [-0.1, -0.05) is 34.6 Å². The van der Waals surface area contributed by atoms with E-state index in [2.05, 4.69) is 15.2 Å². The number of pyridine rings is 1. The van der Waals surface area contributed by atoms with Crippen LogP contribution in [0.5, 0.6) is 10.9 Å². The molecule has 0 saturated carbocycles. The Morgan fingerprint density at radius 2 is 1.91 bits per heavy atom. The molecule has 1 aromatic carbocycles. The predicted octanol–water partition coefficient (Wildman–Crippen LogP) is 3.58. The minimum Gasteiger partial charge on any atom is -0.430 e. The van der Waals surface area contributed by atoms with E-state index in [0.29, 0.717) is 11.8 Å². The summed E-state index contributed by atoms with van der Waals surface area (Å²) in [4.78, 5) is 4.25. The number of aromatic nitrogens is 3. The van der Waals surface area contributed by atoms with E-state index in [0.717, 1.165) is 22.9 Å². The molecule has 0 aliphatic heterocycles. The third-order valence-corrected chi connectivity index (χ3v) is 3.84. The van der Waals surface area contributed by atoms with Gasteiger partial charge in [0, 0.05) is 13.3 Å². The van der Waals surface area contributed by atoms with Crippen LogP contribution in [0.4, 0.5) is 0 Å². The first-order valence-corrected chi connectivity index (χ1v) is 7.67. The molecule has 0 fully saturated rings. The molecule has 22 heavy (non-hydrogen) atoms. The summed E-state index contributed by atoms with van der Waals surface area (Å²) in [6.07, 6.45) is 2.62. The van der Waals surface area contributed by atoms with Crippen molar-refractivity contribution >= 4 is 11.3 Å². The Morgan fingerprint density at radius 3 is 2.64 bits per heavy atom. The Balaban J connectivity index is 1.67. The highest BCUT2D eigenvalue weighted by atomic mass is 32.1. The van der Waals surface area contributed by atoms with Gasteiger partial charge in [0.05, 0.1) is 6.61 Å². The molecule has 0 radical (unpaired) electrons. The fraction of sp³-hybridized carbons (Fsp3) is 0.188. The SMILES string of the molecule is COCCc1ccc(Oc2nnc(-c3ccccn3)s2)cc1. The molecule has 2 aromatic heterocycles. The van der Waals surface area contributed by atoms with Gasteiger partial charge in [0.15, 0.2) is 5.01 Å². The van der Waals surface area contributed by atoms with Gasteiger partial charge in [0.1, 0.15) is 11.4 Å². The Kier molecular flexibility index (Phi) is 4.72. The van der Waals surface area contributed by atoms with Gasteiger partial charge >= 0.3 is 0 Å². The summed E-state index contributed by atoms with van der Waals surface area (Å²) in [6.45, 7) is 0.712. The first-order valence-electron chi connectivity index (χ1n) is 6.86. The summed E-state index contributed by atoms with van der Waals surface area (Å²) in [5.74, 6) is 0.741. The van der Waals surface area contributed by atoms with Crippen molar-refractivity contribution in [2.24, 2.45) is 0 Å². The summed E-state index contributed by atoms with van der Waals surface area (Å²) in [7, 11) is 1.70. The molecule has 6 heteroatoms. The summed E-state index contributed by atoms with van der Waals surface area (Å²) < 4.78 is 10.8. The van der Waals surface area contributed by atoms with Crippen LogP contribution in [0.15, 0.2) is 48.7 Å². The molecule has 2 heterocycles. The van der Waals surface area contributed by atoms with Gasteiger partial charge in [-0.2, -0.15) is 0 Å². The van der Waals surface area contributed by atoms with E-state index in [1.54, 1.807) is 13.3 Å². The molecule has 0 atom stereocenters. The summed E-state index contributed by atoms with van der Waals surface area (Å²) >= 11 is 1.37. The zero-order valence-corrected chi connectivity index (χ0v) is 12.9. The fourth-order valence-electron chi connectivity index (χ4n) is 1.89. The van der Waals surface area contributed by atoms with E-state index in [9.17, 15) is 0 Å². The van der Waals surface area contributed by atoms with Crippen LogP contribution in [0.3, 0.4) is 0 Å². The van der Waals surface area contributed by atoms with Gasteiger partial charge in [-0.3, -0.25) is 4.98 Å². The van der Waals surface area contributed by atoms with E-state index < -0.39 is 0 Å². The van der Waals surface area contributed by atoms with E-state index >= 15 is 0 Å². The van der Waals surface area contributed by atoms with Gasteiger partial charge in [-0.25, -0.2) is 0 Å². The van der Waals surface area contributed by atoms with Gasteiger partial charge in [-0.15, -0.1) is 5.10 Å². The highest BCUT2D eigenvalue weighted by Gasteiger charge is 2.09. The third-order valence-electron chi connectivity index (χ3n) is 3.01. The Bertz CT molecular complexity index is 714. The lowest BCUT2D eigenvalue weighted by atomic mass is 10.1. The lowest BCUT2D eigenvalue weighted by molar-refractivity contribution is 0.202. The monoisotopic (exact) mass is 313 g/mol. The normalized spacial score (nSPS) is 10.6. The van der Waals surface area contributed by atoms with E-state index in [1.165, 1.54) is 16.9 Å². The molecule has 0 bridgehead atoms. The third kappa shape index (κ3) is 3.66. The molecule has 0 amide bonds. The maximum Gasteiger partial charge on any atom is 0.299 e. The van der Waals surface area contributed by atoms with E-state index in [1.807, 2.05) is 42.5 Å². The van der Waals surface area contributed by atoms with Crippen molar-refractivity contribution in [1.82, 2.24) is 15.2 Å². The molecule has 3 rings (SSSR count). The Labute approximate surface area is 132 Å². The van der Waals surface area contributed by atoms with Crippen LogP contribution in [0.2, 0.25) is 0 Å². The minimum absolute atomic E-state index is 0.505. The van der Waals surface area contributed by atoms with Crippen LogP contribution in [-0.2, 0) is 11.2 Å². The molecule has 112 valence electrons. The van der Waals surface area contributed by atoms with Crippen LogP contribution in [0, 0.1) is 0 Å². The second-order valence-corrected chi connectivity index (χ2v) is 5.52. The van der Waals surface area contributed by atoms with Crippen LogP contribution < -0.4 is 4.74 Å². The van der Waals surface area contributed by atoms with Crippen LogP contribution in [-0.4, -0.2) is 28.9 Å². The molecule has 0 N–H and O–H groups in total. The molecule has 0 aliphatic carbocycles. The molecule has 0 spiro atoms. The maximum atomic E-state index is 5.73. The van der Waals surface area contributed by atoms with Crippen molar-refractivity contribution in [1.29, 1.82) is 0 Å². The van der Waals surface area contributed by atoms with Gasteiger partial charge in [0.2, 0.25) is 0 Å². The zero-order chi connectivity index (χ0) is 15.2. The largest absolute Gasteiger partial charge is 0.430 e. The number of methoxy groups -OCH3 is 1. The van der Waals surface area contributed by atoms with Crippen LogP contribution in [0.1, 0.15) is 5.56 Å². The lowest BCUT2D eigenvalue weighted by Gasteiger charge is -2.03. The van der Waals surface area contributed by atoms with Gasteiger partial charge in [-0.05, 0) is 36.2 Å². The molecule has 0 unspecified atom stereocenters. The average Bonchev–Trinajstić information content (AvgIpc) is 3.04. The zero-order valence-electron chi connectivity index (χ0n) is 12.1. The number of hydrogen-bond donors (Lipinski definition) is 0. The van der Waals surface area contributed by atoms with Crippen molar-refractivity contribution in [2.45, 2.75) is 6.42 Å². The minimum atomic E-state index is 0.505. The summed E-state index contributed by atoms with van der Waals surface area (Å²) in [6, 6.07) is 13.6. The first kappa shape index (κ1) is 14.6. The fourth-order valence-corrected chi connectivity index (χ4v) is 2.58. The second-order valence-electron chi connectivity index (χ2n) is 4.58. The quantitative estimate of drug-likeness (QED) is 0.696. The highest BCUT2D eigenvalue weighted by molar-refractivity contribution is 7.16. The lowest BCUT2D eigenvalue weighted by Crippen LogP contribution is -1.94.